The molecule has 0 aromatic rings. The molecule has 2 aliphatic carbocycles. The van der Waals surface area contributed by atoms with Crippen molar-refractivity contribution >= 4 is 6.29 Å². The monoisotopic (exact) mass is 164 g/mol. The highest BCUT2D eigenvalue weighted by atomic mass is 16.1. The van der Waals surface area contributed by atoms with Crippen LogP contribution in [0.5, 0.6) is 0 Å². The predicted octanol–water partition coefficient (Wildman–Crippen LogP) is 2.71. The number of aldehydes is 1. The lowest BCUT2D eigenvalue weighted by Crippen LogP contribution is -2.10. The van der Waals surface area contributed by atoms with E-state index in [0.29, 0.717) is 11.8 Å². The van der Waals surface area contributed by atoms with Gasteiger partial charge in [0.15, 0.2) is 0 Å². The number of hydrogen-bond acceptors (Lipinski definition) is 1. The first-order valence-corrected chi connectivity index (χ1v) is 5.06. The van der Waals surface area contributed by atoms with E-state index in [1.165, 1.54) is 38.4 Å². The lowest BCUT2D eigenvalue weighted by molar-refractivity contribution is -0.111. The van der Waals surface area contributed by atoms with Crippen LogP contribution in [0, 0.1) is 11.8 Å². The van der Waals surface area contributed by atoms with Gasteiger partial charge in [-0.15, -0.1) is 0 Å². The summed E-state index contributed by atoms with van der Waals surface area (Å²) < 4.78 is 0. The standard InChI is InChI=1S/C11H16O/c12-8-10-6-3-7-11(10)9-4-1-2-5-9/h4,8,10-11H,1-3,5-7H2. The summed E-state index contributed by atoms with van der Waals surface area (Å²) in [5.41, 5.74) is 1.59. The highest BCUT2D eigenvalue weighted by molar-refractivity contribution is 5.55. The second kappa shape index (κ2) is 3.42. The summed E-state index contributed by atoms with van der Waals surface area (Å²) in [4.78, 5) is 10.7. The summed E-state index contributed by atoms with van der Waals surface area (Å²) in [6.45, 7) is 0. The van der Waals surface area contributed by atoms with Gasteiger partial charge in [0, 0.05) is 5.92 Å². The molecule has 0 aromatic heterocycles. The molecule has 0 spiro atoms. The SMILES string of the molecule is O=CC1CCCC1C1=CCCC1. The fourth-order valence-corrected chi connectivity index (χ4v) is 2.64. The van der Waals surface area contributed by atoms with Gasteiger partial charge in [0.25, 0.3) is 0 Å². The zero-order valence-electron chi connectivity index (χ0n) is 7.46. The number of rotatable bonds is 2. The van der Waals surface area contributed by atoms with Gasteiger partial charge in [-0.3, -0.25) is 0 Å². The molecule has 0 aromatic carbocycles. The minimum atomic E-state index is 0.356. The average Bonchev–Trinajstić information content (AvgIpc) is 2.74. The summed E-state index contributed by atoms with van der Waals surface area (Å²) in [6.07, 6.45) is 11.0. The molecule has 0 aliphatic heterocycles. The zero-order valence-corrected chi connectivity index (χ0v) is 7.46. The Morgan fingerprint density at radius 2 is 2.25 bits per heavy atom. The molecular weight excluding hydrogens is 148 g/mol. The second-order valence-electron chi connectivity index (χ2n) is 4.01. The van der Waals surface area contributed by atoms with Crippen molar-refractivity contribution in [3.8, 4) is 0 Å². The summed E-state index contributed by atoms with van der Waals surface area (Å²) in [7, 11) is 0. The topological polar surface area (TPSA) is 17.1 Å². The van der Waals surface area contributed by atoms with Gasteiger partial charge < -0.3 is 4.79 Å². The van der Waals surface area contributed by atoms with E-state index in [-0.39, 0.29) is 0 Å². The molecule has 0 bridgehead atoms. The normalized spacial score (nSPS) is 35.2. The van der Waals surface area contributed by atoms with Crippen molar-refractivity contribution in [2.45, 2.75) is 38.5 Å². The third-order valence-corrected chi connectivity index (χ3v) is 3.30. The van der Waals surface area contributed by atoms with E-state index in [9.17, 15) is 4.79 Å². The quantitative estimate of drug-likeness (QED) is 0.453. The van der Waals surface area contributed by atoms with E-state index < -0.39 is 0 Å². The van der Waals surface area contributed by atoms with Gasteiger partial charge in [0.2, 0.25) is 0 Å². The van der Waals surface area contributed by atoms with Gasteiger partial charge in [-0.25, -0.2) is 0 Å². The van der Waals surface area contributed by atoms with E-state index in [1.807, 2.05) is 0 Å². The molecule has 12 heavy (non-hydrogen) atoms. The van der Waals surface area contributed by atoms with Crippen LogP contribution in [0.4, 0.5) is 0 Å². The molecule has 2 unspecified atom stereocenters. The summed E-state index contributed by atoms with van der Waals surface area (Å²) >= 11 is 0. The first-order valence-electron chi connectivity index (χ1n) is 5.06. The van der Waals surface area contributed by atoms with Crippen molar-refractivity contribution in [3.05, 3.63) is 11.6 Å². The highest BCUT2D eigenvalue weighted by Crippen LogP contribution is 2.39. The van der Waals surface area contributed by atoms with Crippen molar-refractivity contribution < 1.29 is 4.79 Å². The van der Waals surface area contributed by atoms with E-state index in [1.54, 1.807) is 5.57 Å². The van der Waals surface area contributed by atoms with Gasteiger partial charge in [-0.2, -0.15) is 0 Å². The maximum Gasteiger partial charge on any atom is 0.123 e. The molecule has 1 saturated carbocycles. The van der Waals surface area contributed by atoms with Crippen LogP contribution in [-0.2, 0) is 4.79 Å². The Morgan fingerprint density at radius 1 is 1.33 bits per heavy atom. The van der Waals surface area contributed by atoms with Crippen LogP contribution < -0.4 is 0 Å². The summed E-state index contributed by atoms with van der Waals surface area (Å²) in [5, 5.41) is 0. The molecule has 0 radical (unpaired) electrons. The fourth-order valence-electron chi connectivity index (χ4n) is 2.64. The predicted molar refractivity (Wildman–Crippen MR) is 48.8 cm³/mol. The number of carbonyl (C=O) groups excluding carboxylic acids is 1. The molecule has 1 heteroatoms. The Morgan fingerprint density at radius 3 is 2.92 bits per heavy atom. The second-order valence-corrected chi connectivity index (χ2v) is 4.01. The van der Waals surface area contributed by atoms with Crippen molar-refractivity contribution in [2.24, 2.45) is 11.8 Å². The van der Waals surface area contributed by atoms with Crippen LogP contribution in [0.3, 0.4) is 0 Å². The third kappa shape index (κ3) is 1.33. The Hall–Kier alpha value is -0.590. The Labute approximate surface area is 73.8 Å². The number of carbonyl (C=O) groups is 1. The van der Waals surface area contributed by atoms with Crippen LogP contribution in [0.15, 0.2) is 11.6 Å². The largest absolute Gasteiger partial charge is 0.303 e. The fraction of sp³-hybridized carbons (Fsp3) is 0.727. The minimum absolute atomic E-state index is 0.356. The van der Waals surface area contributed by atoms with Crippen LogP contribution in [-0.4, -0.2) is 6.29 Å². The van der Waals surface area contributed by atoms with Gasteiger partial charge in [0.05, 0.1) is 0 Å². The van der Waals surface area contributed by atoms with E-state index in [4.69, 9.17) is 0 Å². The van der Waals surface area contributed by atoms with E-state index in [2.05, 4.69) is 6.08 Å². The Balaban J connectivity index is 2.06. The Kier molecular flexibility index (Phi) is 2.29. The van der Waals surface area contributed by atoms with Gasteiger partial charge in [-0.1, -0.05) is 18.1 Å². The maximum absolute atomic E-state index is 10.7. The lowest BCUT2D eigenvalue weighted by Gasteiger charge is -2.15. The number of hydrogen-bond donors (Lipinski definition) is 0. The van der Waals surface area contributed by atoms with Gasteiger partial charge in [-0.05, 0) is 38.0 Å². The van der Waals surface area contributed by atoms with Crippen molar-refractivity contribution in [1.82, 2.24) is 0 Å². The van der Waals surface area contributed by atoms with E-state index in [0.717, 1.165) is 6.42 Å². The molecule has 2 aliphatic rings. The van der Waals surface area contributed by atoms with E-state index >= 15 is 0 Å². The number of allylic oxidation sites excluding steroid dienone is 2. The summed E-state index contributed by atoms with van der Waals surface area (Å²) in [5.74, 6) is 0.986. The molecule has 66 valence electrons. The first kappa shape index (κ1) is 8.03. The molecule has 0 saturated heterocycles. The van der Waals surface area contributed by atoms with Crippen LogP contribution in [0.25, 0.3) is 0 Å². The smallest absolute Gasteiger partial charge is 0.123 e. The molecule has 0 N–H and O–H groups in total. The molecule has 2 rings (SSSR count). The minimum Gasteiger partial charge on any atom is -0.303 e. The first-order chi connectivity index (χ1) is 5.92. The van der Waals surface area contributed by atoms with Crippen LogP contribution in [0.1, 0.15) is 38.5 Å². The lowest BCUT2D eigenvalue weighted by atomic mass is 9.89. The Bertz CT molecular complexity index is 205. The molecule has 2 atom stereocenters. The van der Waals surface area contributed by atoms with Gasteiger partial charge >= 0.3 is 0 Å². The molecular formula is C11H16O. The zero-order chi connectivity index (χ0) is 8.39. The van der Waals surface area contributed by atoms with Crippen molar-refractivity contribution in [3.63, 3.8) is 0 Å². The highest BCUT2D eigenvalue weighted by Gasteiger charge is 2.30. The molecule has 1 fully saturated rings. The van der Waals surface area contributed by atoms with Crippen molar-refractivity contribution in [1.29, 1.82) is 0 Å². The third-order valence-electron chi connectivity index (χ3n) is 3.30. The van der Waals surface area contributed by atoms with Crippen molar-refractivity contribution in [2.75, 3.05) is 0 Å². The van der Waals surface area contributed by atoms with Crippen LogP contribution in [0.2, 0.25) is 0 Å². The molecule has 1 nitrogen and oxygen atoms in total. The molecule has 0 heterocycles. The summed E-state index contributed by atoms with van der Waals surface area (Å²) in [6, 6.07) is 0. The van der Waals surface area contributed by atoms with Gasteiger partial charge in [0.1, 0.15) is 6.29 Å². The van der Waals surface area contributed by atoms with Crippen LogP contribution >= 0.6 is 0 Å². The molecule has 0 amide bonds. The average molecular weight is 164 g/mol. The maximum atomic E-state index is 10.7.